The third-order valence-corrected chi connectivity index (χ3v) is 3.82. The molecule has 0 radical (unpaired) electrons. The zero-order chi connectivity index (χ0) is 15.8. The van der Waals surface area contributed by atoms with Gasteiger partial charge in [0.25, 0.3) is 0 Å². The SMILES string of the molecule is Cc1cc2cc(CC(=O)c3ccc4nccnc4c3)cnc2[nH]1. The fourth-order valence-electron chi connectivity index (χ4n) is 2.72. The van der Waals surface area contributed by atoms with Crippen LogP contribution in [0, 0.1) is 6.92 Å². The van der Waals surface area contributed by atoms with E-state index in [1.54, 1.807) is 30.7 Å². The fourth-order valence-corrected chi connectivity index (χ4v) is 2.72. The maximum absolute atomic E-state index is 12.5. The number of aromatic amines is 1. The minimum atomic E-state index is 0.0472. The van der Waals surface area contributed by atoms with E-state index in [1.807, 2.05) is 25.1 Å². The molecule has 1 N–H and O–H groups in total. The van der Waals surface area contributed by atoms with Gasteiger partial charge in [-0.2, -0.15) is 0 Å². The molecule has 112 valence electrons. The lowest BCUT2D eigenvalue weighted by atomic mass is 10.0. The zero-order valence-corrected chi connectivity index (χ0v) is 12.6. The van der Waals surface area contributed by atoms with Crippen LogP contribution in [0.3, 0.4) is 0 Å². The van der Waals surface area contributed by atoms with Crippen LogP contribution in [0.2, 0.25) is 0 Å². The molecule has 23 heavy (non-hydrogen) atoms. The lowest BCUT2D eigenvalue weighted by molar-refractivity contribution is 0.0993. The van der Waals surface area contributed by atoms with Gasteiger partial charge in [-0.05, 0) is 42.8 Å². The molecule has 4 aromatic rings. The van der Waals surface area contributed by atoms with E-state index in [0.717, 1.165) is 33.3 Å². The highest BCUT2D eigenvalue weighted by Gasteiger charge is 2.10. The van der Waals surface area contributed by atoms with Gasteiger partial charge >= 0.3 is 0 Å². The largest absolute Gasteiger partial charge is 0.344 e. The highest BCUT2D eigenvalue weighted by atomic mass is 16.1. The van der Waals surface area contributed by atoms with Crippen molar-refractivity contribution in [3.8, 4) is 0 Å². The fraction of sp³-hybridized carbons (Fsp3) is 0.111. The molecule has 1 aromatic carbocycles. The van der Waals surface area contributed by atoms with Gasteiger partial charge in [-0.1, -0.05) is 0 Å². The molecular weight excluding hydrogens is 288 g/mol. The first-order valence-corrected chi connectivity index (χ1v) is 7.37. The zero-order valence-electron chi connectivity index (χ0n) is 12.6. The number of aromatic nitrogens is 4. The molecule has 0 amide bonds. The highest BCUT2D eigenvalue weighted by molar-refractivity contribution is 6.00. The molecule has 0 atom stereocenters. The van der Waals surface area contributed by atoms with Crippen molar-refractivity contribution in [2.75, 3.05) is 0 Å². The second kappa shape index (κ2) is 5.28. The van der Waals surface area contributed by atoms with E-state index in [4.69, 9.17) is 0 Å². The molecule has 0 saturated carbocycles. The standard InChI is InChI=1S/C18H14N4O/c1-11-6-14-7-12(10-21-18(14)22-11)8-17(23)13-2-3-15-16(9-13)20-5-4-19-15/h2-7,9-10H,8H2,1H3,(H,21,22). The molecule has 0 bridgehead atoms. The normalized spacial score (nSPS) is 11.2. The van der Waals surface area contributed by atoms with Crippen molar-refractivity contribution >= 4 is 27.9 Å². The third kappa shape index (κ3) is 2.57. The average Bonchev–Trinajstić information content (AvgIpc) is 2.93. The summed E-state index contributed by atoms with van der Waals surface area (Å²) >= 11 is 0. The molecule has 5 heteroatoms. The minimum Gasteiger partial charge on any atom is -0.344 e. The van der Waals surface area contributed by atoms with Crippen LogP contribution in [0.4, 0.5) is 0 Å². The van der Waals surface area contributed by atoms with Crippen LogP contribution in [0.1, 0.15) is 21.6 Å². The van der Waals surface area contributed by atoms with Gasteiger partial charge in [0.2, 0.25) is 0 Å². The summed E-state index contributed by atoms with van der Waals surface area (Å²) in [6, 6.07) is 9.45. The molecule has 3 heterocycles. The van der Waals surface area contributed by atoms with Crippen LogP contribution in [-0.2, 0) is 6.42 Å². The van der Waals surface area contributed by atoms with Crippen molar-refractivity contribution < 1.29 is 4.79 Å². The van der Waals surface area contributed by atoms with Crippen LogP contribution in [-0.4, -0.2) is 25.7 Å². The summed E-state index contributed by atoms with van der Waals surface area (Å²) in [4.78, 5) is 28.5. The lowest BCUT2D eigenvalue weighted by Gasteiger charge is -2.03. The predicted molar refractivity (Wildman–Crippen MR) is 88.4 cm³/mol. The maximum atomic E-state index is 12.5. The predicted octanol–water partition coefficient (Wildman–Crippen LogP) is 3.24. The molecule has 0 aliphatic carbocycles. The number of rotatable bonds is 3. The number of nitrogens with zero attached hydrogens (tertiary/aromatic N) is 3. The summed E-state index contributed by atoms with van der Waals surface area (Å²) in [5.41, 5.74) is 4.97. The molecular formula is C18H14N4O. The summed E-state index contributed by atoms with van der Waals surface area (Å²) in [6.07, 6.45) is 5.34. The number of carbonyl (C=O) groups excluding carboxylic acids is 1. The van der Waals surface area contributed by atoms with Crippen LogP contribution in [0.15, 0.2) is 48.9 Å². The quantitative estimate of drug-likeness (QED) is 0.590. The smallest absolute Gasteiger partial charge is 0.167 e. The number of benzene rings is 1. The lowest BCUT2D eigenvalue weighted by Crippen LogP contribution is -2.04. The summed E-state index contributed by atoms with van der Waals surface area (Å²) in [5.74, 6) is 0.0472. The first-order valence-electron chi connectivity index (χ1n) is 7.37. The molecule has 0 aliphatic rings. The van der Waals surface area contributed by atoms with Crippen LogP contribution < -0.4 is 0 Å². The van der Waals surface area contributed by atoms with E-state index < -0.39 is 0 Å². The van der Waals surface area contributed by atoms with Crippen molar-refractivity contribution in [2.45, 2.75) is 13.3 Å². The van der Waals surface area contributed by atoms with Crippen molar-refractivity contribution in [3.05, 3.63) is 65.7 Å². The maximum Gasteiger partial charge on any atom is 0.167 e. The topological polar surface area (TPSA) is 71.5 Å². The summed E-state index contributed by atoms with van der Waals surface area (Å²) in [5, 5.41) is 1.03. The van der Waals surface area contributed by atoms with Gasteiger partial charge in [-0.15, -0.1) is 0 Å². The summed E-state index contributed by atoms with van der Waals surface area (Å²) in [7, 11) is 0. The number of pyridine rings is 1. The summed E-state index contributed by atoms with van der Waals surface area (Å²) < 4.78 is 0. The van der Waals surface area contributed by atoms with E-state index >= 15 is 0 Å². The van der Waals surface area contributed by atoms with Crippen LogP contribution in [0.5, 0.6) is 0 Å². The first-order chi connectivity index (χ1) is 11.2. The Kier molecular flexibility index (Phi) is 3.12. The summed E-state index contributed by atoms with van der Waals surface area (Å²) in [6.45, 7) is 1.99. The number of Topliss-reactive ketones (excluding diaryl/α,β-unsaturated/α-hetero) is 1. The van der Waals surface area contributed by atoms with E-state index in [2.05, 4.69) is 19.9 Å². The number of aryl methyl sites for hydroxylation is 1. The molecule has 0 unspecified atom stereocenters. The Morgan fingerprint density at radius 2 is 1.87 bits per heavy atom. The monoisotopic (exact) mass is 302 g/mol. The number of H-pyrrole nitrogens is 1. The van der Waals surface area contributed by atoms with Gasteiger partial charge < -0.3 is 4.98 Å². The first kappa shape index (κ1) is 13.6. The van der Waals surface area contributed by atoms with Gasteiger partial charge in [0.15, 0.2) is 5.78 Å². The third-order valence-electron chi connectivity index (χ3n) is 3.82. The van der Waals surface area contributed by atoms with Gasteiger partial charge in [0.05, 0.1) is 11.0 Å². The Bertz CT molecular complexity index is 1040. The molecule has 0 spiro atoms. The average molecular weight is 302 g/mol. The molecule has 3 aromatic heterocycles. The van der Waals surface area contributed by atoms with E-state index in [9.17, 15) is 4.79 Å². The molecule has 5 nitrogen and oxygen atoms in total. The van der Waals surface area contributed by atoms with E-state index in [1.165, 1.54) is 0 Å². The van der Waals surface area contributed by atoms with Crippen molar-refractivity contribution in [3.63, 3.8) is 0 Å². The number of nitrogens with one attached hydrogen (secondary N) is 1. The second-order valence-electron chi connectivity index (χ2n) is 5.59. The highest BCUT2D eigenvalue weighted by Crippen LogP contribution is 2.17. The number of hydrogen-bond donors (Lipinski definition) is 1. The van der Waals surface area contributed by atoms with E-state index in [-0.39, 0.29) is 5.78 Å². The number of ketones is 1. The Hall–Kier alpha value is -3.08. The molecule has 0 fully saturated rings. The van der Waals surface area contributed by atoms with Crippen molar-refractivity contribution in [2.24, 2.45) is 0 Å². The van der Waals surface area contributed by atoms with Crippen LogP contribution >= 0.6 is 0 Å². The second-order valence-corrected chi connectivity index (χ2v) is 5.59. The Balaban J connectivity index is 1.64. The minimum absolute atomic E-state index is 0.0472. The van der Waals surface area contributed by atoms with Gasteiger partial charge in [0.1, 0.15) is 5.65 Å². The van der Waals surface area contributed by atoms with Crippen molar-refractivity contribution in [1.82, 2.24) is 19.9 Å². The van der Waals surface area contributed by atoms with Gasteiger partial charge in [-0.25, -0.2) is 4.98 Å². The Labute approximate surface area is 132 Å². The number of carbonyl (C=O) groups is 1. The van der Waals surface area contributed by atoms with Gasteiger partial charge in [-0.3, -0.25) is 14.8 Å². The number of hydrogen-bond acceptors (Lipinski definition) is 4. The molecule has 0 aliphatic heterocycles. The van der Waals surface area contributed by atoms with Crippen molar-refractivity contribution in [1.29, 1.82) is 0 Å². The Morgan fingerprint density at radius 3 is 2.74 bits per heavy atom. The number of fused-ring (bicyclic) bond motifs is 2. The molecule has 0 saturated heterocycles. The van der Waals surface area contributed by atoms with Crippen LogP contribution in [0.25, 0.3) is 22.1 Å². The molecule has 4 rings (SSSR count). The Morgan fingerprint density at radius 1 is 1.04 bits per heavy atom. The van der Waals surface area contributed by atoms with Gasteiger partial charge in [0, 0.05) is 41.7 Å². The van der Waals surface area contributed by atoms with E-state index in [0.29, 0.717) is 12.0 Å².